The van der Waals surface area contributed by atoms with Crippen molar-refractivity contribution in [2.45, 2.75) is 6.92 Å². The lowest BCUT2D eigenvalue weighted by Gasteiger charge is -2.12. The van der Waals surface area contributed by atoms with Gasteiger partial charge >= 0.3 is 5.97 Å². The number of aryl methyl sites for hydroxylation is 1. The number of hydrogen-bond acceptors (Lipinski definition) is 4. The van der Waals surface area contributed by atoms with Crippen molar-refractivity contribution in [1.29, 1.82) is 0 Å². The summed E-state index contributed by atoms with van der Waals surface area (Å²) in [6.45, 7) is 1.90. The summed E-state index contributed by atoms with van der Waals surface area (Å²) in [6.07, 6.45) is 3.03. The Kier molecular flexibility index (Phi) is 4.27. The van der Waals surface area contributed by atoms with E-state index in [-0.39, 0.29) is 5.91 Å². The van der Waals surface area contributed by atoms with Crippen LogP contribution in [0.4, 0.5) is 17.1 Å². The first kappa shape index (κ1) is 16.1. The van der Waals surface area contributed by atoms with Crippen molar-refractivity contribution in [3.63, 3.8) is 0 Å². The molecule has 2 aromatic carbocycles. The fourth-order valence-electron chi connectivity index (χ4n) is 2.49. The quantitative estimate of drug-likeness (QED) is 0.635. The molecule has 0 aromatic heterocycles. The van der Waals surface area contributed by atoms with E-state index in [2.05, 4.69) is 15.4 Å². The minimum atomic E-state index is -0.428. The third-order valence-corrected chi connectivity index (χ3v) is 3.99. The van der Waals surface area contributed by atoms with Crippen molar-refractivity contribution >= 4 is 46.6 Å². The van der Waals surface area contributed by atoms with Crippen LogP contribution in [0.15, 0.2) is 36.4 Å². The highest BCUT2D eigenvalue weighted by Gasteiger charge is 2.20. The number of methoxy groups -OCH3 is 1. The Bertz CT molecular complexity index is 875. The number of esters is 1. The zero-order valence-electron chi connectivity index (χ0n) is 13.1. The van der Waals surface area contributed by atoms with Gasteiger partial charge in [-0.05, 0) is 54.5 Å². The van der Waals surface area contributed by atoms with Crippen LogP contribution in [0, 0.1) is 6.92 Å². The van der Waals surface area contributed by atoms with Crippen LogP contribution in [-0.4, -0.2) is 19.0 Å². The Balaban J connectivity index is 2.05. The number of hydrogen-bond donors (Lipinski definition) is 2. The van der Waals surface area contributed by atoms with Crippen molar-refractivity contribution in [2.24, 2.45) is 0 Å². The highest BCUT2D eigenvalue weighted by molar-refractivity contribution is 6.31. The molecule has 5 nitrogen and oxygen atoms in total. The van der Waals surface area contributed by atoms with Crippen LogP contribution in [0.3, 0.4) is 0 Å². The highest BCUT2D eigenvalue weighted by Crippen LogP contribution is 2.35. The Hall–Kier alpha value is -2.79. The minimum Gasteiger partial charge on any atom is -0.466 e. The van der Waals surface area contributed by atoms with E-state index in [4.69, 9.17) is 11.6 Å². The third kappa shape index (κ3) is 3.12. The fraction of sp³-hybridized carbons (Fsp3) is 0.111. The molecule has 3 rings (SSSR count). The van der Waals surface area contributed by atoms with Crippen molar-refractivity contribution in [1.82, 2.24) is 0 Å². The maximum absolute atomic E-state index is 12.4. The number of rotatable bonds is 2. The molecule has 0 saturated heterocycles. The van der Waals surface area contributed by atoms with Crippen LogP contribution < -0.4 is 10.6 Å². The topological polar surface area (TPSA) is 67.4 Å². The van der Waals surface area contributed by atoms with Gasteiger partial charge in [-0.1, -0.05) is 11.6 Å². The van der Waals surface area contributed by atoms with Crippen molar-refractivity contribution in [3.8, 4) is 0 Å². The Morgan fingerprint density at radius 2 is 1.88 bits per heavy atom. The highest BCUT2D eigenvalue weighted by atomic mass is 35.5. The lowest BCUT2D eigenvalue weighted by atomic mass is 10.1. The van der Waals surface area contributed by atoms with Gasteiger partial charge in [-0.25, -0.2) is 4.79 Å². The molecule has 1 aliphatic rings. The Morgan fingerprint density at radius 3 is 2.62 bits per heavy atom. The van der Waals surface area contributed by atoms with Crippen LogP contribution in [0.2, 0.25) is 5.02 Å². The lowest BCUT2D eigenvalue weighted by molar-refractivity contribution is -0.134. The zero-order valence-corrected chi connectivity index (χ0v) is 13.9. The minimum absolute atomic E-state index is 0.204. The molecule has 6 heteroatoms. The van der Waals surface area contributed by atoms with Crippen molar-refractivity contribution in [2.75, 3.05) is 17.7 Å². The second-order valence-corrected chi connectivity index (χ2v) is 5.82. The molecule has 2 aromatic rings. The van der Waals surface area contributed by atoms with E-state index in [1.54, 1.807) is 24.3 Å². The molecule has 0 saturated carbocycles. The second-order valence-electron chi connectivity index (χ2n) is 5.38. The molecule has 0 spiro atoms. The number of nitrogens with one attached hydrogen (secondary N) is 2. The van der Waals surface area contributed by atoms with Gasteiger partial charge in [0.15, 0.2) is 0 Å². The first-order valence-corrected chi connectivity index (χ1v) is 7.64. The predicted octanol–water partition coefficient (Wildman–Crippen LogP) is 4.14. The molecule has 1 heterocycles. The van der Waals surface area contributed by atoms with Gasteiger partial charge < -0.3 is 15.4 Å². The van der Waals surface area contributed by atoms with E-state index >= 15 is 0 Å². The van der Waals surface area contributed by atoms with Gasteiger partial charge in [0.2, 0.25) is 0 Å². The standard InChI is InChI=1S/C18H15ClN2O3/c1-10-7-15-16(8-11(10)3-6-17(22)24-2)20-14-9-12(19)4-5-13(14)18(23)21-15/h3-9,20H,1-2H3,(H,21,23)/b6-3+. The molecule has 0 unspecified atom stereocenters. The summed E-state index contributed by atoms with van der Waals surface area (Å²) in [5.41, 5.74) is 4.29. The van der Waals surface area contributed by atoms with E-state index < -0.39 is 5.97 Å². The largest absolute Gasteiger partial charge is 0.466 e. The number of carbonyl (C=O) groups excluding carboxylic acids is 2. The summed E-state index contributed by atoms with van der Waals surface area (Å²) >= 11 is 6.03. The number of fused-ring (bicyclic) bond motifs is 2. The van der Waals surface area contributed by atoms with Gasteiger partial charge in [0, 0.05) is 11.1 Å². The summed E-state index contributed by atoms with van der Waals surface area (Å²) < 4.78 is 4.61. The number of benzene rings is 2. The normalized spacial score (nSPS) is 12.7. The summed E-state index contributed by atoms with van der Waals surface area (Å²) in [5, 5.41) is 6.64. The van der Waals surface area contributed by atoms with Gasteiger partial charge in [0.1, 0.15) is 0 Å². The molecule has 0 fully saturated rings. The van der Waals surface area contributed by atoms with Gasteiger partial charge in [-0.2, -0.15) is 0 Å². The average Bonchev–Trinajstić information content (AvgIpc) is 2.67. The fourth-order valence-corrected chi connectivity index (χ4v) is 2.66. The number of anilines is 3. The summed E-state index contributed by atoms with van der Waals surface area (Å²) in [6, 6.07) is 8.77. The molecule has 1 aliphatic heterocycles. The molecule has 0 bridgehead atoms. The monoisotopic (exact) mass is 342 g/mol. The molecule has 1 amide bonds. The second kappa shape index (κ2) is 6.37. The third-order valence-electron chi connectivity index (χ3n) is 3.75. The van der Waals surface area contributed by atoms with E-state index in [9.17, 15) is 9.59 Å². The summed E-state index contributed by atoms with van der Waals surface area (Å²) in [5.74, 6) is -0.632. The maximum Gasteiger partial charge on any atom is 0.330 e. The number of carbonyl (C=O) groups is 2. The molecule has 24 heavy (non-hydrogen) atoms. The number of halogens is 1. The molecule has 0 aliphatic carbocycles. The van der Waals surface area contributed by atoms with E-state index in [0.717, 1.165) is 16.8 Å². The molecular weight excluding hydrogens is 328 g/mol. The summed E-state index contributed by atoms with van der Waals surface area (Å²) in [7, 11) is 1.33. The average molecular weight is 343 g/mol. The van der Waals surface area contributed by atoms with Crippen LogP contribution >= 0.6 is 11.6 Å². The lowest BCUT2D eigenvalue weighted by Crippen LogP contribution is -2.10. The number of ether oxygens (including phenoxy) is 1. The van der Waals surface area contributed by atoms with E-state index in [1.165, 1.54) is 13.2 Å². The molecule has 2 N–H and O–H groups in total. The first-order chi connectivity index (χ1) is 11.5. The Labute approximate surface area is 144 Å². The predicted molar refractivity (Wildman–Crippen MR) is 94.9 cm³/mol. The zero-order chi connectivity index (χ0) is 17.3. The molecule has 0 atom stereocenters. The maximum atomic E-state index is 12.4. The van der Waals surface area contributed by atoms with Crippen LogP contribution in [0.25, 0.3) is 6.08 Å². The van der Waals surface area contributed by atoms with Crippen LogP contribution in [0.1, 0.15) is 21.5 Å². The van der Waals surface area contributed by atoms with Crippen LogP contribution in [0.5, 0.6) is 0 Å². The SMILES string of the molecule is COC(=O)/C=C/c1cc2c(cc1C)NC(=O)c1ccc(Cl)cc1N2. The van der Waals surface area contributed by atoms with Gasteiger partial charge in [-0.15, -0.1) is 0 Å². The molecule has 122 valence electrons. The van der Waals surface area contributed by atoms with Gasteiger partial charge in [-0.3, -0.25) is 4.79 Å². The van der Waals surface area contributed by atoms with Gasteiger partial charge in [0.05, 0.1) is 29.7 Å². The summed E-state index contributed by atoms with van der Waals surface area (Å²) in [4.78, 5) is 23.6. The molecular formula is C18H15ClN2O3. The Morgan fingerprint density at radius 1 is 1.12 bits per heavy atom. The number of amides is 1. The van der Waals surface area contributed by atoms with Crippen molar-refractivity contribution in [3.05, 3.63) is 58.1 Å². The van der Waals surface area contributed by atoms with Crippen molar-refractivity contribution < 1.29 is 14.3 Å². The van der Waals surface area contributed by atoms with E-state index in [0.29, 0.717) is 22.0 Å². The smallest absolute Gasteiger partial charge is 0.330 e. The van der Waals surface area contributed by atoms with E-state index in [1.807, 2.05) is 19.1 Å². The first-order valence-electron chi connectivity index (χ1n) is 7.26. The van der Waals surface area contributed by atoms with Gasteiger partial charge in [0.25, 0.3) is 5.91 Å². The van der Waals surface area contributed by atoms with Crippen LogP contribution in [-0.2, 0) is 9.53 Å². The molecule has 0 radical (unpaired) electrons.